The first-order valence-corrected chi connectivity index (χ1v) is 12.1. The van der Waals surface area contributed by atoms with Crippen LogP contribution in [0.15, 0.2) is 40.0 Å². The first kappa shape index (κ1) is 21.0. The molecule has 0 spiro atoms. The van der Waals surface area contributed by atoms with Gasteiger partial charge in [-0.25, -0.2) is 9.98 Å². The van der Waals surface area contributed by atoms with E-state index >= 15 is 0 Å². The molecule has 2 N–H and O–H groups in total. The number of rotatable bonds is 8. The third-order valence-corrected chi connectivity index (χ3v) is 7.20. The minimum Gasteiger partial charge on any atom is -0.481 e. The number of carboxylic acid groups (broad SMARTS) is 1. The molecule has 0 unspecified atom stereocenters. The standard InChI is InChI=1S/C24H27N3O4S/c28-23(29)12-17(16-4-7-20-21(11-16)31-14-30-20)10-19-13-32-22(26-19)8-6-18-5-3-15-2-1-9-25-24(15)27-18/h4,7,11,13,17,25H,1-3,5-6,8-10,12,14H2,(H,28,29)/t17-/m0/s1. The van der Waals surface area contributed by atoms with Crippen LogP contribution >= 0.6 is 11.3 Å². The number of fused-ring (bicyclic) bond motifs is 1. The molecule has 5 rings (SSSR count). The van der Waals surface area contributed by atoms with Crippen molar-refractivity contribution in [1.29, 1.82) is 0 Å². The lowest BCUT2D eigenvalue weighted by Gasteiger charge is -2.24. The number of benzene rings is 1. The molecule has 0 saturated heterocycles. The molecule has 2 aromatic rings. The Hall–Kier alpha value is -2.87. The molecule has 4 heterocycles. The fourth-order valence-electron chi connectivity index (χ4n) is 4.55. The van der Waals surface area contributed by atoms with E-state index in [-0.39, 0.29) is 19.1 Å². The zero-order chi connectivity index (χ0) is 21.9. The number of aromatic nitrogens is 1. The van der Waals surface area contributed by atoms with Crippen molar-refractivity contribution in [3.63, 3.8) is 0 Å². The highest BCUT2D eigenvalue weighted by atomic mass is 32.1. The summed E-state index contributed by atoms with van der Waals surface area (Å²) in [4.78, 5) is 21.2. The Bertz CT molecular complexity index is 1070. The number of ether oxygens (including phenoxy) is 2. The SMILES string of the molecule is O=C(O)C[C@H](Cc1csc(CCC2=NC3=C(CCCN3)CC2)n1)c1ccc2c(c1)OCO2. The summed E-state index contributed by atoms with van der Waals surface area (Å²) < 4.78 is 10.8. The number of thiazole rings is 1. The Balaban J connectivity index is 1.23. The number of nitrogens with one attached hydrogen (secondary N) is 1. The van der Waals surface area contributed by atoms with Crippen LogP contribution < -0.4 is 14.8 Å². The number of hydrogen-bond donors (Lipinski definition) is 2. The van der Waals surface area contributed by atoms with E-state index in [9.17, 15) is 9.90 Å². The molecule has 0 bridgehead atoms. The van der Waals surface area contributed by atoms with Crippen LogP contribution in [0.4, 0.5) is 0 Å². The van der Waals surface area contributed by atoms with E-state index < -0.39 is 5.97 Å². The maximum absolute atomic E-state index is 11.5. The van der Waals surface area contributed by atoms with Crippen molar-refractivity contribution in [3.8, 4) is 11.5 Å². The Kier molecular flexibility index (Phi) is 6.12. The van der Waals surface area contributed by atoms with Crippen molar-refractivity contribution >= 4 is 23.0 Å². The Morgan fingerprint density at radius 3 is 3.00 bits per heavy atom. The molecule has 1 atom stereocenters. The number of carboxylic acids is 1. The quantitative estimate of drug-likeness (QED) is 0.614. The van der Waals surface area contributed by atoms with Crippen LogP contribution in [0.1, 0.15) is 60.7 Å². The van der Waals surface area contributed by atoms with Gasteiger partial charge in [0.25, 0.3) is 0 Å². The molecular weight excluding hydrogens is 426 g/mol. The van der Waals surface area contributed by atoms with Gasteiger partial charge in [-0.1, -0.05) is 6.07 Å². The fraction of sp³-hybridized carbons (Fsp3) is 0.458. The lowest BCUT2D eigenvalue weighted by molar-refractivity contribution is -0.137. The van der Waals surface area contributed by atoms with Crippen LogP contribution in [-0.4, -0.2) is 35.1 Å². The number of aliphatic imine (C=N–C) groups is 1. The summed E-state index contributed by atoms with van der Waals surface area (Å²) in [6.07, 6.45) is 6.99. The van der Waals surface area contributed by atoms with Crippen LogP contribution in [-0.2, 0) is 17.6 Å². The molecule has 168 valence electrons. The maximum Gasteiger partial charge on any atom is 0.303 e. The normalized spacial score (nSPS) is 18.1. The van der Waals surface area contributed by atoms with Crippen LogP contribution in [0.25, 0.3) is 0 Å². The summed E-state index contributed by atoms with van der Waals surface area (Å²) in [6, 6.07) is 5.68. The predicted molar refractivity (Wildman–Crippen MR) is 123 cm³/mol. The summed E-state index contributed by atoms with van der Waals surface area (Å²) in [5, 5.41) is 16.0. The molecule has 32 heavy (non-hydrogen) atoms. The van der Waals surface area contributed by atoms with Gasteiger partial charge in [-0.15, -0.1) is 11.3 Å². The molecule has 0 saturated carbocycles. The Morgan fingerprint density at radius 2 is 2.09 bits per heavy atom. The van der Waals surface area contributed by atoms with Gasteiger partial charge in [0.05, 0.1) is 17.1 Å². The molecular formula is C24H27N3O4S. The van der Waals surface area contributed by atoms with Crippen molar-refractivity contribution in [2.24, 2.45) is 4.99 Å². The third kappa shape index (κ3) is 4.80. The summed E-state index contributed by atoms with van der Waals surface area (Å²) in [6.45, 7) is 1.23. The average molecular weight is 454 g/mol. The second-order valence-electron chi connectivity index (χ2n) is 8.50. The smallest absolute Gasteiger partial charge is 0.303 e. The largest absolute Gasteiger partial charge is 0.481 e. The van der Waals surface area contributed by atoms with Crippen LogP contribution in [0, 0.1) is 0 Å². The van der Waals surface area contributed by atoms with Gasteiger partial charge in [-0.05, 0) is 61.8 Å². The highest BCUT2D eigenvalue weighted by Gasteiger charge is 2.22. The van der Waals surface area contributed by atoms with Crippen molar-refractivity contribution in [2.45, 2.75) is 57.3 Å². The molecule has 0 radical (unpaired) electrons. The number of nitrogens with zero attached hydrogens (tertiary/aromatic N) is 2. The highest BCUT2D eigenvalue weighted by molar-refractivity contribution is 7.09. The van der Waals surface area contributed by atoms with Gasteiger partial charge in [0.2, 0.25) is 6.79 Å². The lowest BCUT2D eigenvalue weighted by atomic mass is 9.91. The van der Waals surface area contributed by atoms with Gasteiger partial charge < -0.3 is 19.9 Å². The zero-order valence-electron chi connectivity index (χ0n) is 17.9. The van der Waals surface area contributed by atoms with Crippen LogP contribution in [0.3, 0.4) is 0 Å². The first-order valence-electron chi connectivity index (χ1n) is 11.2. The van der Waals surface area contributed by atoms with Crippen LogP contribution in [0.5, 0.6) is 11.5 Å². The molecule has 3 aliphatic heterocycles. The summed E-state index contributed by atoms with van der Waals surface area (Å²) in [7, 11) is 0. The molecule has 0 fully saturated rings. The summed E-state index contributed by atoms with van der Waals surface area (Å²) >= 11 is 1.65. The molecule has 3 aliphatic rings. The van der Waals surface area contributed by atoms with Gasteiger partial charge in [-0.2, -0.15) is 0 Å². The number of carbonyl (C=O) groups is 1. The molecule has 0 amide bonds. The van der Waals surface area contributed by atoms with Gasteiger partial charge in [0, 0.05) is 30.0 Å². The number of allylic oxidation sites excluding steroid dienone is 1. The van der Waals surface area contributed by atoms with Gasteiger partial charge in [-0.3, -0.25) is 4.79 Å². The van der Waals surface area contributed by atoms with Gasteiger partial charge in [0.1, 0.15) is 5.82 Å². The summed E-state index contributed by atoms with van der Waals surface area (Å²) in [5.41, 5.74) is 4.61. The lowest BCUT2D eigenvalue weighted by Crippen LogP contribution is -2.24. The van der Waals surface area contributed by atoms with E-state index in [1.165, 1.54) is 24.1 Å². The topological polar surface area (TPSA) is 93.0 Å². The minimum absolute atomic E-state index is 0.0494. The fourth-order valence-corrected chi connectivity index (χ4v) is 5.36. The predicted octanol–water partition coefficient (Wildman–Crippen LogP) is 4.44. The van der Waals surface area contributed by atoms with Gasteiger partial charge >= 0.3 is 5.97 Å². The highest BCUT2D eigenvalue weighted by Crippen LogP contribution is 2.36. The monoisotopic (exact) mass is 453 g/mol. The third-order valence-electron chi connectivity index (χ3n) is 6.24. The second-order valence-corrected chi connectivity index (χ2v) is 9.45. The summed E-state index contributed by atoms with van der Waals surface area (Å²) in [5.74, 6) is 1.51. The average Bonchev–Trinajstić information content (AvgIpc) is 3.45. The number of aryl methyl sites for hydroxylation is 1. The van der Waals surface area contributed by atoms with E-state index in [2.05, 4.69) is 10.7 Å². The van der Waals surface area contributed by atoms with Crippen molar-refractivity contribution in [1.82, 2.24) is 10.3 Å². The van der Waals surface area contributed by atoms with Crippen molar-refractivity contribution in [2.75, 3.05) is 13.3 Å². The molecule has 1 aromatic heterocycles. The second kappa shape index (κ2) is 9.32. The molecule has 7 nitrogen and oxygen atoms in total. The van der Waals surface area contributed by atoms with E-state index in [1.807, 2.05) is 18.2 Å². The first-order chi connectivity index (χ1) is 15.6. The minimum atomic E-state index is -0.816. The number of hydrogen-bond acceptors (Lipinski definition) is 7. The van der Waals surface area contributed by atoms with Crippen molar-refractivity contribution < 1.29 is 19.4 Å². The number of aliphatic carboxylic acids is 1. The Labute approximate surface area is 191 Å². The van der Waals surface area contributed by atoms with E-state index in [0.29, 0.717) is 17.9 Å². The molecule has 0 aliphatic carbocycles. The Morgan fingerprint density at radius 1 is 1.19 bits per heavy atom. The molecule has 1 aromatic carbocycles. The maximum atomic E-state index is 11.5. The van der Waals surface area contributed by atoms with Crippen LogP contribution in [0.2, 0.25) is 0 Å². The van der Waals surface area contributed by atoms with Gasteiger partial charge in [0.15, 0.2) is 11.5 Å². The van der Waals surface area contributed by atoms with Crippen molar-refractivity contribution in [3.05, 3.63) is 51.2 Å². The van der Waals surface area contributed by atoms with E-state index in [4.69, 9.17) is 19.5 Å². The van der Waals surface area contributed by atoms with E-state index in [1.54, 1.807) is 11.3 Å². The van der Waals surface area contributed by atoms with E-state index in [0.717, 1.165) is 54.3 Å². The molecule has 8 heteroatoms. The zero-order valence-corrected chi connectivity index (χ0v) is 18.7.